The fourth-order valence-corrected chi connectivity index (χ4v) is 3.30. The van der Waals surface area contributed by atoms with Gasteiger partial charge in [-0.1, -0.05) is 23.2 Å². The van der Waals surface area contributed by atoms with E-state index < -0.39 is 18.0 Å². The van der Waals surface area contributed by atoms with Crippen LogP contribution in [0.25, 0.3) is 4.96 Å². The van der Waals surface area contributed by atoms with Crippen LogP contribution in [0.3, 0.4) is 0 Å². The maximum Gasteiger partial charge on any atom is 0.312 e. The second kappa shape index (κ2) is 7.43. The summed E-state index contributed by atoms with van der Waals surface area (Å²) in [6, 6.07) is 4.69. The number of ether oxygens (including phenoxy) is 1. The number of carbonyl (C=O) groups excluding carboxylic acids is 2. The lowest BCUT2D eigenvalue weighted by Gasteiger charge is -2.14. The molecule has 1 aromatic carbocycles. The monoisotopic (exact) mass is 397 g/mol. The van der Waals surface area contributed by atoms with Gasteiger partial charge in [0.2, 0.25) is 0 Å². The molecule has 2 heterocycles. The van der Waals surface area contributed by atoms with E-state index in [2.05, 4.69) is 10.3 Å². The molecule has 3 aromatic rings. The highest BCUT2D eigenvalue weighted by atomic mass is 35.5. The van der Waals surface area contributed by atoms with E-state index in [0.717, 1.165) is 4.96 Å². The number of nitrogens with one attached hydrogen (secondary N) is 1. The summed E-state index contributed by atoms with van der Waals surface area (Å²) >= 11 is 13.3. The number of esters is 1. The standard InChI is InChI=1S/C16H13Cl2N3O3S/c1-9(15(23)20-13-3-2-10(17)6-12(13)18)24-14(22)7-11-8-21-4-5-25-16(21)19-11/h2-6,8-9H,7H2,1H3,(H,20,23)/t9-/m0/s1. The van der Waals surface area contributed by atoms with E-state index in [1.54, 1.807) is 18.3 Å². The molecule has 25 heavy (non-hydrogen) atoms. The molecule has 0 bridgehead atoms. The van der Waals surface area contributed by atoms with E-state index in [1.807, 2.05) is 16.0 Å². The quantitative estimate of drug-likeness (QED) is 0.664. The third-order valence-corrected chi connectivity index (χ3v) is 4.65. The van der Waals surface area contributed by atoms with E-state index in [1.165, 1.54) is 24.3 Å². The summed E-state index contributed by atoms with van der Waals surface area (Å²) < 4.78 is 6.98. The number of nitrogens with zero attached hydrogens (tertiary/aromatic N) is 2. The molecule has 2 aromatic heterocycles. The minimum atomic E-state index is -0.969. The SMILES string of the molecule is C[C@H](OC(=O)Cc1cn2ccsc2n1)C(=O)Nc1ccc(Cl)cc1Cl. The van der Waals surface area contributed by atoms with Gasteiger partial charge in [0.15, 0.2) is 11.1 Å². The number of aromatic nitrogens is 2. The summed E-state index contributed by atoms with van der Waals surface area (Å²) in [7, 11) is 0. The molecule has 3 rings (SSSR count). The number of hydrogen-bond acceptors (Lipinski definition) is 5. The normalized spacial score (nSPS) is 12.1. The smallest absolute Gasteiger partial charge is 0.312 e. The first-order valence-corrected chi connectivity index (χ1v) is 8.92. The molecule has 9 heteroatoms. The van der Waals surface area contributed by atoms with Crippen molar-refractivity contribution in [2.75, 3.05) is 5.32 Å². The molecule has 1 amide bonds. The van der Waals surface area contributed by atoms with Gasteiger partial charge in [0.25, 0.3) is 5.91 Å². The van der Waals surface area contributed by atoms with Gasteiger partial charge in [-0.2, -0.15) is 0 Å². The summed E-state index contributed by atoms with van der Waals surface area (Å²) in [4.78, 5) is 29.2. The van der Waals surface area contributed by atoms with Crippen LogP contribution in [0.5, 0.6) is 0 Å². The Morgan fingerprint density at radius 2 is 2.20 bits per heavy atom. The molecule has 0 spiro atoms. The Hall–Kier alpha value is -2.09. The lowest BCUT2D eigenvalue weighted by molar-refractivity contribution is -0.152. The van der Waals surface area contributed by atoms with Gasteiger partial charge in [-0.3, -0.25) is 14.0 Å². The highest BCUT2D eigenvalue weighted by Gasteiger charge is 2.20. The van der Waals surface area contributed by atoms with Crippen molar-refractivity contribution in [3.05, 3.63) is 51.7 Å². The van der Waals surface area contributed by atoms with Gasteiger partial charge in [0.1, 0.15) is 0 Å². The number of benzene rings is 1. The van der Waals surface area contributed by atoms with Crippen LogP contribution in [-0.2, 0) is 20.7 Å². The van der Waals surface area contributed by atoms with Gasteiger partial charge < -0.3 is 10.1 Å². The molecular weight excluding hydrogens is 385 g/mol. The number of imidazole rings is 1. The van der Waals surface area contributed by atoms with Crippen LogP contribution in [0.4, 0.5) is 5.69 Å². The van der Waals surface area contributed by atoms with Crippen molar-refractivity contribution < 1.29 is 14.3 Å². The van der Waals surface area contributed by atoms with Crippen LogP contribution in [-0.4, -0.2) is 27.4 Å². The van der Waals surface area contributed by atoms with Crippen LogP contribution in [0.1, 0.15) is 12.6 Å². The van der Waals surface area contributed by atoms with Gasteiger partial charge in [0.05, 0.1) is 22.8 Å². The molecule has 0 saturated carbocycles. The van der Waals surface area contributed by atoms with E-state index in [4.69, 9.17) is 27.9 Å². The third-order valence-electron chi connectivity index (χ3n) is 3.34. The number of halogens is 2. The predicted molar refractivity (Wildman–Crippen MR) is 97.4 cm³/mol. The Kier molecular flexibility index (Phi) is 5.27. The maximum atomic E-state index is 12.1. The molecular formula is C16H13Cl2N3O3S. The zero-order chi connectivity index (χ0) is 18.0. The molecule has 0 aliphatic rings. The summed E-state index contributed by atoms with van der Waals surface area (Å²) in [5.74, 6) is -1.01. The second-order valence-electron chi connectivity index (χ2n) is 5.25. The average molecular weight is 398 g/mol. The maximum absolute atomic E-state index is 12.1. The fourth-order valence-electron chi connectivity index (χ4n) is 2.13. The zero-order valence-corrected chi connectivity index (χ0v) is 15.4. The lowest BCUT2D eigenvalue weighted by atomic mass is 10.3. The number of rotatable bonds is 5. The van der Waals surface area contributed by atoms with Crippen molar-refractivity contribution >= 4 is 57.1 Å². The van der Waals surface area contributed by atoms with Crippen molar-refractivity contribution in [1.82, 2.24) is 9.38 Å². The van der Waals surface area contributed by atoms with E-state index in [0.29, 0.717) is 21.4 Å². The Labute approximate surface area is 157 Å². The molecule has 6 nitrogen and oxygen atoms in total. The Bertz CT molecular complexity index is 909. The van der Waals surface area contributed by atoms with Crippen LogP contribution >= 0.6 is 34.5 Å². The highest BCUT2D eigenvalue weighted by molar-refractivity contribution is 7.15. The van der Waals surface area contributed by atoms with E-state index >= 15 is 0 Å². The van der Waals surface area contributed by atoms with E-state index in [9.17, 15) is 9.59 Å². The Balaban J connectivity index is 1.56. The van der Waals surface area contributed by atoms with Gasteiger partial charge in [-0.25, -0.2) is 4.98 Å². The number of anilines is 1. The highest BCUT2D eigenvalue weighted by Crippen LogP contribution is 2.25. The van der Waals surface area contributed by atoms with Gasteiger partial charge in [0, 0.05) is 22.8 Å². The van der Waals surface area contributed by atoms with Gasteiger partial charge in [-0.15, -0.1) is 11.3 Å². The van der Waals surface area contributed by atoms with Crippen LogP contribution in [0.15, 0.2) is 36.0 Å². The summed E-state index contributed by atoms with van der Waals surface area (Å²) in [5.41, 5.74) is 0.985. The third kappa shape index (κ3) is 4.31. The molecule has 0 radical (unpaired) electrons. The molecule has 0 aliphatic carbocycles. The fraction of sp³-hybridized carbons (Fsp3) is 0.188. The number of fused-ring (bicyclic) bond motifs is 1. The molecule has 0 saturated heterocycles. The van der Waals surface area contributed by atoms with Crippen LogP contribution in [0.2, 0.25) is 10.0 Å². The Morgan fingerprint density at radius 3 is 2.92 bits per heavy atom. The second-order valence-corrected chi connectivity index (χ2v) is 6.96. The van der Waals surface area contributed by atoms with E-state index in [-0.39, 0.29) is 6.42 Å². The predicted octanol–water partition coefficient (Wildman–Crippen LogP) is 3.82. The molecule has 0 fully saturated rings. The van der Waals surface area contributed by atoms with Crippen molar-refractivity contribution in [3.63, 3.8) is 0 Å². The summed E-state index contributed by atoms with van der Waals surface area (Å²) in [6.45, 7) is 1.49. The first-order chi connectivity index (χ1) is 11.9. The molecule has 1 atom stereocenters. The minimum absolute atomic E-state index is 0.00623. The van der Waals surface area contributed by atoms with Gasteiger partial charge >= 0.3 is 5.97 Å². The largest absolute Gasteiger partial charge is 0.452 e. The number of amides is 1. The van der Waals surface area contributed by atoms with Crippen LogP contribution < -0.4 is 5.32 Å². The molecule has 0 aliphatic heterocycles. The number of thiazole rings is 1. The van der Waals surface area contributed by atoms with Crippen molar-refractivity contribution in [3.8, 4) is 0 Å². The lowest BCUT2D eigenvalue weighted by Crippen LogP contribution is -2.30. The first-order valence-electron chi connectivity index (χ1n) is 7.29. The minimum Gasteiger partial charge on any atom is -0.452 e. The van der Waals surface area contributed by atoms with Crippen molar-refractivity contribution in [2.45, 2.75) is 19.4 Å². The van der Waals surface area contributed by atoms with Crippen molar-refractivity contribution in [2.24, 2.45) is 0 Å². The molecule has 1 N–H and O–H groups in total. The Morgan fingerprint density at radius 1 is 1.40 bits per heavy atom. The first kappa shape index (κ1) is 17.7. The molecule has 0 unspecified atom stereocenters. The number of carbonyl (C=O) groups is 2. The average Bonchev–Trinajstić information content (AvgIpc) is 3.11. The summed E-state index contributed by atoms with van der Waals surface area (Å²) in [6.07, 6.45) is 2.63. The van der Waals surface area contributed by atoms with Crippen LogP contribution in [0, 0.1) is 0 Å². The zero-order valence-electron chi connectivity index (χ0n) is 13.0. The van der Waals surface area contributed by atoms with Crippen molar-refractivity contribution in [1.29, 1.82) is 0 Å². The molecule has 130 valence electrons. The van der Waals surface area contributed by atoms with Gasteiger partial charge in [-0.05, 0) is 25.1 Å². The topological polar surface area (TPSA) is 72.7 Å². The number of hydrogen-bond donors (Lipinski definition) is 1. The summed E-state index contributed by atoms with van der Waals surface area (Å²) in [5, 5.41) is 5.26.